The Morgan fingerprint density at radius 1 is 1.19 bits per heavy atom. The molecule has 0 saturated carbocycles. The van der Waals surface area contributed by atoms with Gasteiger partial charge in [-0.25, -0.2) is 9.97 Å². The fourth-order valence-electron chi connectivity index (χ4n) is 1.89. The Kier molecular flexibility index (Phi) is 4.37. The first-order valence-corrected chi connectivity index (χ1v) is 6.52. The van der Waals surface area contributed by atoms with Crippen molar-refractivity contribution in [3.8, 4) is 0 Å². The molecule has 2 aromatic rings. The predicted octanol–water partition coefficient (Wildman–Crippen LogP) is 4.09. The first kappa shape index (κ1) is 15.6. The Balaban J connectivity index is 2.27. The van der Waals surface area contributed by atoms with Crippen LogP contribution in [0.3, 0.4) is 0 Å². The average Bonchev–Trinajstić information content (AvgIpc) is 2.37. The predicted molar refractivity (Wildman–Crippen MR) is 75.3 cm³/mol. The van der Waals surface area contributed by atoms with Crippen molar-refractivity contribution in [2.75, 3.05) is 11.9 Å². The normalized spacial score (nSPS) is 11.5. The van der Waals surface area contributed by atoms with E-state index in [-0.39, 0.29) is 11.0 Å². The molecular formula is C14H13ClF3N3. The van der Waals surface area contributed by atoms with Crippen LogP contribution in [0.1, 0.15) is 17.0 Å². The summed E-state index contributed by atoms with van der Waals surface area (Å²) in [6.07, 6.45) is -4.62. The van der Waals surface area contributed by atoms with Crippen molar-refractivity contribution in [1.82, 2.24) is 9.97 Å². The van der Waals surface area contributed by atoms with E-state index in [4.69, 9.17) is 11.6 Å². The Labute approximate surface area is 125 Å². The third kappa shape index (κ3) is 4.07. The molecule has 1 aromatic heterocycles. The maximum absolute atomic E-state index is 12.7. The minimum absolute atomic E-state index is 0.129. The molecule has 7 heteroatoms. The largest absolute Gasteiger partial charge is 0.451 e. The van der Waals surface area contributed by atoms with Gasteiger partial charge < -0.3 is 4.90 Å². The molecule has 0 amide bonds. The van der Waals surface area contributed by atoms with Gasteiger partial charge in [-0.2, -0.15) is 13.2 Å². The minimum atomic E-state index is -4.62. The van der Waals surface area contributed by atoms with Gasteiger partial charge in [0.1, 0.15) is 11.0 Å². The maximum Gasteiger partial charge on any atom is 0.451 e. The second-order valence-corrected chi connectivity index (χ2v) is 5.10. The third-order valence-corrected chi connectivity index (χ3v) is 3.02. The van der Waals surface area contributed by atoms with E-state index >= 15 is 0 Å². The van der Waals surface area contributed by atoms with Gasteiger partial charge in [-0.3, -0.25) is 0 Å². The molecule has 2 rings (SSSR count). The van der Waals surface area contributed by atoms with E-state index in [2.05, 4.69) is 9.97 Å². The van der Waals surface area contributed by atoms with Crippen LogP contribution in [0.15, 0.2) is 30.3 Å². The zero-order valence-electron chi connectivity index (χ0n) is 11.4. The Morgan fingerprint density at radius 3 is 2.52 bits per heavy atom. The molecule has 0 aliphatic rings. The molecular weight excluding hydrogens is 303 g/mol. The molecule has 1 aromatic carbocycles. The summed E-state index contributed by atoms with van der Waals surface area (Å²) in [5.41, 5.74) is 2.05. The van der Waals surface area contributed by atoms with Crippen molar-refractivity contribution in [2.45, 2.75) is 19.6 Å². The second-order valence-electron chi connectivity index (χ2n) is 4.72. The SMILES string of the molecule is Cc1cccc(CN(C)c2cc(Cl)nc(C(F)(F)F)n2)c1. The summed E-state index contributed by atoms with van der Waals surface area (Å²) >= 11 is 5.65. The highest BCUT2D eigenvalue weighted by atomic mass is 35.5. The monoisotopic (exact) mass is 315 g/mol. The maximum atomic E-state index is 12.7. The lowest BCUT2D eigenvalue weighted by Crippen LogP contribution is -2.20. The number of hydrogen-bond donors (Lipinski definition) is 0. The van der Waals surface area contributed by atoms with Gasteiger partial charge in [-0.05, 0) is 12.5 Å². The number of aryl methyl sites for hydroxylation is 1. The van der Waals surface area contributed by atoms with E-state index in [1.165, 1.54) is 6.07 Å². The van der Waals surface area contributed by atoms with Crippen LogP contribution >= 0.6 is 11.6 Å². The molecule has 0 unspecified atom stereocenters. The fraction of sp³-hybridized carbons (Fsp3) is 0.286. The quantitative estimate of drug-likeness (QED) is 0.799. The van der Waals surface area contributed by atoms with E-state index in [9.17, 15) is 13.2 Å². The topological polar surface area (TPSA) is 29.0 Å². The molecule has 0 atom stereocenters. The first-order chi connectivity index (χ1) is 9.75. The molecule has 0 aliphatic heterocycles. The van der Waals surface area contributed by atoms with Gasteiger partial charge >= 0.3 is 6.18 Å². The highest BCUT2D eigenvalue weighted by Gasteiger charge is 2.35. The number of anilines is 1. The summed E-state index contributed by atoms with van der Waals surface area (Å²) in [5.74, 6) is -1.11. The van der Waals surface area contributed by atoms with Crippen LogP contribution in [-0.4, -0.2) is 17.0 Å². The number of alkyl halides is 3. The summed E-state index contributed by atoms with van der Waals surface area (Å²) < 4.78 is 38.1. The van der Waals surface area contributed by atoms with Crippen molar-refractivity contribution >= 4 is 17.4 Å². The van der Waals surface area contributed by atoms with Gasteiger partial charge in [0.2, 0.25) is 5.82 Å². The van der Waals surface area contributed by atoms with Gasteiger partial charge in [-0.1, -0.05) is 41.4 Å². The standard InChI is InChI=1S/C14H13ClF3N3/c1-9-4-3-5-10(6-9)8-21(2)12-7-11(15)19-13(20-12)14(16,17)18/h3-7H,8H2,1-2H3. The van der Waals surface area contributed by atoms with Crippen LogP contribution in [0, 0.1) is 6.92 Å². The van der Waals surface area contributed by atoms with E-state index in [1.54, 1.807) is 11.9 Å². The van der Waals surface area contributed by atoms with Crippen molar-refractivity contribution in [2.24, 2.45) is 0 Å². The van der Waals surface area contributed by atoms with E-state index in [1.807, 2.05) is 31.2 Å². The van der Waals surface area contributed by atoms with Crippen molar-refractivity contribution < 1.29 is 13.2 Å². The van der Waals surface area contributed by atoms with Gasteiger partial charge in [0.05, 0.1) is 0 Å². The molecule has 112 valence electrons. The number of benzene rings is 1. The smallest absolute Gasteiger partial charge is 0.355 e. The van der Waals surface area contributed by atoms with E-state index in [0.717, 1.165) is 11.1 Å². The van der Waals surface area contributed by atoms with Crippen LogP contribution in [0.25, 0.3) is 0 Å². The number of rotatable bonds is 3. The molecule has 0 fully saturated rings. The third-order valence-electron chi connectivity index (χ3n) is 2.83. The lowest BCUT2D eigenvalue weighted by Gasteiger charge is -2.19. The summed E-state index contributed by atoms with van der Waals surface area (Å²) in [4.78, 5) is 8.33. The van der Waals surface area contributed by atoms with E-state index in [0.29, 0.717) is 6.54 Å². The van der Waals surface area contributed by atoms with Crippen LogP contribution in [-0.2, 0) is 12.7 Å². The number of nitrogens with zero attached hydrogens (tertiary/aromatic N) is 3. The summed E-state index contributed by atoms with van der Waals surface area (Å²) in [7, 11) is 1.65. The molecule has 0 spiro atoms. The van der Waals surface area contributed by atoms with Crippen LogP contribution in [0.4, 0.5) is 19.0 Å². The van der Waals surface area contributed by atoms with Crippen LogP contribution < -0.4 is 4.90 Å². The highest BCUT2D eigenvalue weighted by Crippen LogP contribution is 2.29. The Morgan fingerprint density at radius 2 is 1.90 bits per heavy atom. The number of hydrogen-bond acceptors (Lipinski definition) is 3. The van der Waals surface area contributed by atoms with Gasteiger partial charge in [0.25, 0.3) is 0 Å². The van der Waals surface area contributed by atoms with Gasteiger partial charge in [0, 0.05) is 19.7 Å². The zero-order valence-corrected chi connectivity index (χ0v) is 12.2. The van der Waals surface area contributed by atoms with E-state index < -0.39 is 12.0 Å². The summed E-state index contributed by atoms with van der Waals surface area (Å²) in [5, 5.41) is -0.233. The Bertz CT molecular complexity index is 644. The lowest BCUT2D eigenvalue weighted by molar-refractivity contribution is -0.144. The van der Waals surface area contributed by atoms with Crippen LogP contribution in [0.2, 0.25) is 5.15 Å². The molecule has 3 nitrogen and oxygen atoms in total. The fourth-order valence-corrected chi connectivity index (χ4v) is 2.07. The van der Waals surface area contributed by atoms with Crippen LogP contribution in [0.5, 0.6) is 0 Å². The lowest BCUT2D eigenvalue weighted by atomic mass is 10.1. The number of aromatic nitrogens is 2. The van der Waals surface area contributed by atoms with Crippen molar-refractivity contribution in [3.05, 3.63) is 52.4 Å². The highest BCUT2D eigenvalue weighted by molar-refractivity contribution is 6.29. The zero-order chi connectivity index (χ0) is 15.6. The van der Waals surface area contributed by atoms with Gasteiger partial charge in [0.15, 0.2) is 0 Å². The van der Waals surface area contributed by atoms with Crippen molar-refractivity contribution in [1.29, 1.82) is 0 Å². The molecule has 0 saturated heterocycles. The van der Waals surface area contributed by atoms with Gasteiger partial charge in [-0.15, -0.1) is 0 Å². The summed E-state index contributed by atoms with van der Waals surface area (Å²) in [6, 6.07) is 9.02. The molecule has 0 N–H and O–H groups in total. The minimum Gasteiger partial charge on any atom is -0.355 e. The molecule has 0 aliphatic carbocycles. The summed E-state index contributed by atoms with van der Waals surface area (Å²) in [6.45, 7) is 2.37. The first-order valence-electron chi connectivity index (χ1n) is 6.14. The molecule has 1 heterocycles. The Hall–Kier alpha value is -1.82. The molecule has 0 bridgehead atoms. The van der Waals surface area contributed by atoms with Crippen molar-refractivity contribution in [3.63, 3.8) is 0 Å². The number of halogens is 4. The molecule has 21 heavy (non-hydrogen) atoms. The second kappa shape index (κ2) is 5.89. The average molecular weight is 316 g/mol. The molecule has 0 radical (unpaired) electrons.